The summed E-state index contributed by atoms with van der Waals surface area (Å²) in [5, 5.41) is 7.26. The van der Waals surface area contributed by atoms with Crippen molar-refractivity contribution in [1.82, 2.24) is 14.7 Å². The van der Waals surface area contributed by atoms with E-state index in [1.54, 1.807) is 6.07 Å². The summed E-state index contributed by atoms with van der Waals surface area (Å²) in [5.41, 5.74) is 2.46. The molecular formula is C24H26ClF3N4. The molecule has 0 amide bonds. The number of aromatic nitrogens is 2. The van der Waals surface area contributed by atoms with E-state index in [4.69, 9.17) is 11.6 Å². The fourth-order valence-electron chi connectivity index (χ4n) is 4.23. The van der Waals surface area contributed by atoms with Gasteiger partial charge in [-0.15, -0.1) is 0 Å². The van der Waals surface area contributed by atoms with Crippen molar-refractivity contribution in [2.24, 2.45) is 0 Å². The van der Waals surface area contributed by atoms with Crippen LogP contribution in [0.3, 0.4) is 0 Å². The van der Waals surface area contributed by atoms with Gasteiger partial charge in [-0.05, 0) is 49.3 Å². The number of pyridine rings is 1. The van der Waals surface area contributed by atoms with Crippen LogP contribution in [-0.4, -0.2) is 21.5 Å². The van der Waals surface area contributed by atoms with Gasteiger partial charge >= 0.3 is 6.18 Å². The average molecular weight is 463 g/mol. The first-order valence-corrected chi connectivity index (χ1v) is 11.2. The predicted octanol–water partition coefficient (Wildman–Crippen LogP) is 6.55. The van der Waals surface area contributed by atoms with Gasteiger partial charge in [-0.2, -0.15) is 13.2 Å². The fraction of sp³-hybridized carbons (Fsp3) is 0.375. The van der Waals surface area contributed by atoms with E-state index in [1.807, 2.05) is 0 Å². The molecule has 0 radical (unpaired) electrons. The van der Waals surface area contributed by atoms with Gasteiger partial charge in [0.05, 0.1) is 0 Å². The normalized spacial score (nSPS) is 19.2. The van der Waals surface area contributed by atoms with Crippen LogP contribution in [0, 0.1) is 0 Å². The van der Waals surface area contributed by atoms with E-state index in [0.29, 0.717) is 10.8 Å². The Morgan fingerprint density at radius 2 is 1.91 bits per heavy atom. The molecule has 2 heterocycles. The molecule has 0 bridgehead atoms. The van der Waals surface area contributed by atoms with Gasteiger partial charge < -0.3 is 10.6 Å². The Kier molecular flexibility index (Phi) is 6.38. The molecule has 32 heavy (non-hydrogen) atoms. The second kappa shape index (κ2) is 9.06. The number of rotatable bonds is 6. The number of halogens is 4. The molecule has 1 fully saturated rings. The van der Waals surface area contributed by atoms with E-state index in [9.17, 15) is 13.2 Å². The number of imidazole rings is 1. The summed E-state index contributed by atoms with van der Waals surface area (Å²) in [6.45, 7) is 6.32. The monoisotopic (exact) mass is 462 g/mol. The fourth-order valence-corrected chi connectivity index (χ4v) is 4.44. The minimum absolute atomic E-state index is 0.0925. The molecular weight excluding hydrogens is 437 g/mol. The van der Waals surface area contributed by atoms with Crippen molar-refractivity contribution in [3.63, 3.8) is 0 Å². The Hall–Kier alpha value is -2.67. The maximum Gasteiger partial charge on any atom is 0.434 e. The van der Waals surface area contributed by atoms with Gasteiger partial charge in [-0.1, -0.05) is 49.4 Å². The van der Waals surface area contributed by atoms with E-state index in [-0.39, 0.29) is 17.7 Å². The van der Waals surface area contributed by atoms with E-state index in [0.717, 1.165) is 49.6 Å². The molecule has 8 heteroatoms. The summed E-state index contributed by atoms with van der Waals surface area (Å²) in [7, 11) is 0. The molecule has 1 aliphatic carbocycles. The summed E-state index contributed by atoms with van der Waals surface area (Å²) < 4.78 is 40.8. The van der Waals surface area contributed by atoms with Crippen molar-refractivity contribution in [1.29, 1.82) is 0 Å². The number of nitrogens with one attached hydrogen (secondary N) is 2. The summed E-state index contributed by atoms with van der Waals surface area (Å²) >= 11 is 6.15. The molecule has 0 aliphatic heterocycles. The third kappa shape index (κ3) is 5.04. The quantitative estimate of drug-likeness (QED) is 0.436. The van der Waals surface area contributed by atoms with Crippen LogP contribution in [0.25, 0.3) is 11.3 Å². The molecule has 1 aromatic carbocycles. The van der Waals surface area contributed by atoms with E-state index < -0.39 is 11.9 Å². The van der Waals surface area contributed by atoms with Gasteiger partial charge in [0, 0.05) is 35.1 Å². The second-order valence-corrected chi connectivity index (χ2v) is 8.73. The Morgan fingerprint density at radius 3 is 2.59 bits per heavy atom. The molecule has 4 nitrogen and oxygen atoms in total. The summed E-state index contributed by atoms with van der Waals surface area (Å²) in [5.74, 6) is 0.509. The van der Waals surface area contributed by atoms with Crippen LogP contribution in [0.1, 0.15) is 49.4 Å². The van der Waals surface area contributed by atoms with Gasteiger partial charge in [0.15, 0.2) is 5.69 Å². The van der Waals surface area contributed by atoms with Crippen LogP contribution >= 0.6 is 11.6 Å². The lowest BCUT2D eigenvalue weighted by Gasteiger charge is -2.32. The number of fused-ring (bicyclic) bond motifs is 1. The highest BCUT2D eigenvalue weighted by Gasteiger charge is 2.34. The zero-order valence-electron chi connectivity index (χ0n) is 17.8. The highest BCUT2D eigenvalue weighted by Crippen LogP contribution is 2.32. The van der Waals surface area contributed by atoms with Crippen LogP contribution < -0.4 is 10.6 Å². The summed E-state index contributed by atoms with van der Waals surface area (Å²) in [6.07, 6.45) is 1.25. The Balaban J connectivity index is 1.46. The number of benzene rings is 1. The number of alkyl halides is 3. The first-order chi connectivity index (χ1) is 15.2. The SMILES string of the molecule is C=C(NC1CCCC(Nc2cc(Cl)cc3nc(C(F)(F)F)cn23)C1)c1ccc(CC)cc1. The standard InChI is InChI=1S/C24H26ClF3N4/c1-3-16-7-9-17(10-8-16)15(2)29-19-5-4-6-20(13-19)30-22-11-18(25)12-23-31-21(14-32(22)23)24(26,27)28/h7-12,14,19-20,29-30H,2-6,13H2,1H3. The van der Waals surface area contributed by atoms with Gasteiger partial charge in [-0.25, -0.2) is 4.98 Å². The highest BCUT2D eigenvalue weighted by molar-refractivity contribution is 6.31. The minimum atomic E-state index is -4.51. The first kappa shape index (κ1) is 22.5. The van der Waals surface area contributed by atoms with Crippen molar-refractivity contribution in [3.8, 4) is 0 Å². The maximum absolute atomic E-state index is 13.1. The Bertz CT molecular complexity index is 1100. The van der Waals surface area contributed by atoms with E-state index in [1.165, 1.54) is 16.0 Å². The number of hydrogen-bond donors (Lipinski definition) is 2. The van der Waals surface area contributed by atoms with Crippen molar-refractivity contribution in [3.05, 3.63) is 71.0 Å². The zero-order valence-corrected chi connectivity index (χ0v) is 18.6. The van der Waals surface area contributed by atoms with Crippen LogP contribution in [0.15, 0.2) is 49.2 Å². The Labute approximate surface area is 190 Å². The number of aryl methyl sites for hydroxylation is 1. The zero-order chi connectivity index (χ0) is 22.9. The van der Waals surface area contributed by atoms with Gasteiger partial charge in [0.1, 0.15) is 11.5 Å². The van der Waals surface area contributed by atoms with Crippen LogP contribution in [0.2, 0.25) is 5.02 Å². The molecule has 2 atom stereocenters. The van der Waals surface area contributed by atoms with Crippen molar-refractivity contribution in [2.45, 2.75) is 57.3 Å². The second-order valence-electron chi connectivity index (χ2n) is 8.29. The van der Waals surface area contributed by atoms with Crippen molar-refractivity contribution >= 4 is 28.8 Å². The first-order valence-electron chi connectivity index (χ1n) is 10.8. The average Bonchev–Trinajstić information content (AvgIpc) is 3.19. The molecule has 1 aliphatic rings. The molecule has 170 valence electrons. The van der Waals surface area contributed by atoms with E-state index >= 15 is 0 Å². The number of nitrogens with zero attached hydrogens (tertiary/aromatic N) is 2. The van der Waals surface area contributed by atoms with E-state index in [2.05, 4.69) is 53.4 Å². The highest BCUT2D eigenvalue weighted by atomic mass is 35.5. The lowest BCUT2D eigenvalue weighted by Crippen LogP contribution is -2.38. The predicted molar refractivity (Wildman–Crippen MR) is 123 cm³/mol. The minimum Gasteiger partial charge on any atom is -0.382 e. The maximum atomic E-state index is 13.1. The Morgan fingerprint density at radius 1 is 1.19 bits per heavy atom. The van der Waals surface area contributed by atoms with Crippen molar-refractivity contribution < 1.29 is 13.2 Å². The van der Waals surface area contributed by atoms with Gasteiger partial charge in [-0.3, -0.25) is 4.40 Å². The molecule has 2 aromatic heterocycles. The largest absolute Gasteiger partial charge is 0.434 e. The summed E-state index contributed by atoms with van der Waals surface area (Å²) in [6, 6.07) is 11.8. The molecule has 0 saturated heterocycles. The van der Waals surface area contributed by atoms with Gasteiger partial charge in [0.25, 0.3) is 0 Å². The van der Waals surface area contributed by atoms with Crippen molar-refractivity contribution in [2.75, 3.05) is 5.32 Å². The van der Waals surface area contributed by atoms with Gasteiger partial charge in [0.2, 0.25) is 0 Å². The molecule has 0 spiro atoms. The third-order valence-electron chi connectivity index (χ3n) is 5.94. The van der Waals surface area contributed by atoms with Crippen LogP contribution in [-0.2, 0) is 12.6 Å². The molecule has 4 rings (SSSR count). The smallest absolute Gasteiger partial charge is 0.382 e. The lowest BCUT2D eigenvalue weighted by molar-refractivity contribution is -0.140. The van der Waals surface area contributed by atoms with Crippen LogP contribution in [0.4, 0.5) is 19.0 Å². The third-order valence-corrected chi connectivity index (χ3v) is 6.16. The lowest BCUT2D eigenvalue weighted by atomic mass is 9.90. The molecule has 1 saturated carbocycles. The molecule has 2 N–H and O–H groups in total. The number of anilines is 1. The molecule has 2 unspecified atom stereocenters. The topological polar surface area (TPSA) is 41.4 Å². The summed E-state index contributed by atoms with van der Waals surface area (Å²) in [4.78, 5) is 3.69. The number of hydrogen-bond acceptors (Lipinski definition) is 3. The molecule has 3 aromatic rings. The van der Waals surface area contributed by atoms with Crippen LogP contribution in [0.5, 0.6) is 0 Å².